The molecule has 0 spiro atoms. The molecule has 2 rings (SSSR count). The van der Waals surface area contributed by atoms with E-state index in [-0.39, 0.29) is 24.9 Å². The van der Waals surface area contributed by atoms with E-state index < -0.39 is 0 Å². The van der Waals surface area contributed by atoms with Crippen molar-refractivity contribution >= 4 is 33.4 Å². The summed E-state index contributed by atoms with van der Waals surface area (Å²) in [7, 11) is 0. The van der Waals surface area contributed by atoms with Crippen LogP contribution >= 0.6 is 15.9 Å². The number of carbonyl (C=O) groups excluding carboxylic acids is 2. The summed E-state index contributed by atoms with van der Waals surface area (Å²) in [4.78, 5) is 25.1. The van der Waals surface area contributed by atoms with Crippen molar-refractivity contribution in [1.82, 2.24) is 4.90 Å². The van der Waals surface area contributed by atoms with Gasteiger partial charge in [0.25, 0.3) is 0 Å². The molecular formula is C15H15BrN2O3. The van der Waals surface area contributed by atoms with E-state index in [1.807, 2.05) is 18.2 Å². The predicted octanol–water partition coefficient (Wildman–Crippen LogP) is 3.03. The predicted molar refractivity (Wildman–Crippen MR) is 82.6 cm³/mol. The van der Waals surface area contributed by atoms with Gasteiger partial charge in [-0.3, -0.25) is 9.59 Å². The van der Waals surface area contributed by atoms with Crippen molar-refractivity contribution in [1.29, 1.82) is 0 Å². The van der Waals surface area contributed by atoms with Gasteiger partial charge in [0.05, 0.1) is 18.5 Å². The van der Waals surface area contributed by atoms with Crippen LogP contribution in [0.15, 0.2) is 51.6 Å². The summed E-state index contributed by atoms with van der Waals surface area (Å²) in [5, 5.41) is 2.76. The first-order valence-electron chi connectivity index (χ1n) is 6.38. The fourth-order valence-corrected chi connectivity index (χ4v) is 2.18. The Labute approximate surface area is 131 Å². The first-order chi connectivity index (χ1) is 10.1. The molecular weight excluding hydrogens is 336 g/mol. The van der Waals surface area contributed by atoms with Crippen molar-refractivity contribution in [2.75, 3.05) is 11.9 Å². The molecule has 1 heterocycles. The van der Waals surface area contributed by atoms with Gasteiger partial charge >= 0.3 is 0 Å². The number of nitrogens with one attached hydrogen (secondary N) is 1. The molecule has 21 heavy (non-hydrogen) atoms. The van der Waals surface area contributed by atoms with Crippen LogP contribution in [-0.4, -0.2) is 23.3 Å². The first-order valence-corrected chi connectivity index (χ1v) is 7.18. The fraction of sp³-hybridized carbons (Fsp3) is 0.200. The maximum absolute atomic E-state index is 12.1. The lowest BCUT2D eigenvalue weighted by Gasteiger charge is -2.19. The van der Waals surface area contributed by atoms with E-state index in [1.165, 1.54) is 18.1 Å². The minimum atomic E-state index is -0.261. The third-order valence-electron chi connectivity index (χ3n) is 2.85. The summed E-state index contributed by atoms with van der Waals surface area (Å²) in [5.41, 5.74) is 0.670. The smallest absolute Gasteiger partial charge is 0.244 e. The Kier molecular flexibility index (Phi) is 5.16. The standard InChI is InChI=1S/C15H15BrN2O3/c1-11(19)18(9-12-5-4-8-21-12)10-15(20)17-14-7-3-2-6-13(14)16/h2-8H,9-10H2,1H3,(H,17,20). The van der Waals surface area contributed by atoms with Crippen LogP contribution in [0.5, 0.6) is 0 Å². The SMILES string of the molecule is CC(=O)N(CC(=O)Nc1ccccc1Br)Cc1ccco1. The van der Waals surface area contributed by atoms with Gasteiger partial charge in [0, 0.05) is 11.4 Å². The van der Waals surface area contributed by atoms with Crippen LogP contribution < -0.4 is 5.32 Å². The largest absolute Gasteiger partial charge is 0.467 e. The molecule has 2 aromatic rings. The molecule has 0 aliphatic rings. The molecule has 0 bridgehead atoms. The van der Waals surface area contributed by atoms with Crippen LogP contribution in [-0.2, 0) is 16.1 Å². The third kappa shape index (κ3) is 4.46. The number of nitrogens with zero attached hydrogens (tertiary/aromatic N) is 1. The molecule has 6 heteroatoms. The molecule has 0 aliphatic heterocycles. The maximum Gasteiger partial charge on any atom is 0.244 e. The van der Waals surface area contributed by atoms with Crippen molar-refractivity contribution in [3.8, 4) is 0 Å². The number of hydrogen-bond acceptors (Lipinski definition) is 3. The lowest BCUT2D eigenvalue weighted by atomic mass is 10.3. The van der Waals surface area contributed by atoms with E-state index in [0.29, 0.717) is 11.4 Å². The normalized spacial score (nSPS) is 10.2. The van der Waals surface area contributed by atoms with Gasteiger partial charge in [-0.05, 0) is 40.2 Å². The highest BCUT2D eigenvalue weighted by molar-refractivity contribution is 9.10. The lowest BCUT2D eigenvalue weighted by Crippen LogP contribution is -2.36. The average molecular weight is 351 g/mol. The number of amides is 2. The Balaban J connectivity index is 1.98. The number of anilines is 1. The van der Waals surface area contributed by atoms with Gasteiger partial charge in [0.15, 0.2) is 0 Å². The maximum atomic E-state index is 12.1. The zero-order valence-corrected chi connectivity index (χ0v) is 13.1. The number of hydrogen-bond donors (Lipinski definition) is 1. The van der Waals surface area contributed by atoms with Crippen molar-refractivity contribution in [3.63, 3.8) is 0 Å². The summed E-state index contributed by atoms with van der Waals surface area (Å²) in [6.45, 7) is 1.66. The topological polar surface area (TPSA) is 62.6 Å². The second kappa shape index (κ2) is 7.08. The summed E-state index contributed by atoms with van der Waals surface area (Å²) >= 11 is 3.36. The Morgan fingerprint density at radius 2 is 2.00 bits per heavy atom. The van der Waals surface area contributed by atoms with Gasteiger partial charge in [0.2, 0.25) is 11.8 Å². The molecule has 0 radical (unpaired) electrons. The second-order valence-electron chi connectivity index (χ2n) is 4.48. The van der Waals surface area contributed by atoms with Gasteiger partial charge in [0.1, 0.15) is 12.3 Å². The highest BCUT2D eigenvalue weighted by Crippen LogP contribution is 2.21. The molecule has 0 saturated heterocycles. The Bertz CT molecular complexity index is 626. The van der Waals surface area contributed by atoms with Gasteiger partial charge < -0.3 is 14.6 Å². The second-order valence-corrected chi connectivity index (χ2v) is 5.34. The van der Waals surface area contributed by atoms with E-state index in [2.05, 4.69) is 21.2 Å². The highest BCUT2D eigenvalue weighted by atomic mass is 79.9. The molecule has 1 aromatic carbocycles. The van der Waals surface area contributed by atoms with E-state index >= 15 is 0 Å². The van der Waals surface area contributed by atoms with Crippen molar-refractivity contribution in [2.24, 2.45) is 0 Å². The third-order valence-corrected chi connectivity index (χ3v) is 3.55. The number of halogens is 1. The van der Waals surface area contributed by atoms with E-state index in [4.69, 9.17) is 4.42 Å². The molecule has 0 fully saturated rings. The van der Waals surface area contributed by atoms with Crippen LogP contribution in [0.4, 0.5) is 5.69 Å². The summed E-state index contributed by atoms with van der Waals surface area (Å²) in [6.07, 6.45) is 1.54. The fourth-order valence-electron chi connectivity index (χ4n) is 1.79. The molecule has 0 saturated carbocycles. The molecule has 0 aliphatic carbocycles. The van der Waals surface area contributed by atoms with Gasteiger partial charge in [-0.25, -0.2) is 0 Å². The first kappa shape index (κ1) is 15.3. The minimum absolute atomic E-state index is 0.0304. The van der Waals surface area contributed by atoms with Crippen LogP contribution in [0.2, 0.25) is 0 Å². The van der Waals surface area contributed by atoms with E-state index in [0.717, 1.165) is 4.47 Å². The van der Waals surface area contributed by atoms with Gasteiger partial charge in [-0.2, -0.15) is 0 Å². The van der Waals surface area contributed by atoms with E-state index in [1.54, 1.807) is 18.2 Å². The van der Waals surface area contributed by atoms with Crippen LogP contribution in [0, 0.1) is 0 Å². The monoisotopic (exact) mass is 350 g/mol. The minimum Gasteiger partial charge on any atom is -0.467 e. The lowest BCUT2D eigenvalue weighted by molar-refractivity contribution is -0.133. The highest BCUT2D eigenvalue weighted by Gasteiger charge is 2.16. The van der Waals surface area contributed by atoms with Gasteiger partial charge in [-0.1, -0.05) is 12.1 Å². The molecule has 2 amide bonds. The Morgan fingerprint density at radius 3 is 2.62 bits per heavy atom. The molecule has 1 N–H and O–H groups in total. The van der Waals surface area contributed by atoms with Crippen LogP contribution in [0.25, 0.3) is 0 Å². The number of para-hydroxylation sites is 1. The number of furan rings is 1. The number of benzene rings is 1. The Morgan fingerprint density at radius 1 is 1.24 bits per heavy atom. The zero-order valence-electron chi connectivity index (χ0n) is 11.5. The van der Waals surface area contributed by atoms with Crippen molar-refractivity contribution < 1.29 is 14.0 Å². The molecule has 0 unspecified atom stereocenters. The zero-order chi connectivity index (χ0) is 15.2. The van der Waals surface area contributed by atoms with Crippen molar-refractivity contribution in [2.45, 2.75) is 13.5 Å². The van der Waals surface area contributed by atoms with E-state index in [9.17, 15) is 9.59 Å². The number of rotatable bonds is 5. The summed E-state index contributed by atoms with van der Waals surface area (Å²) < 4.78 is 5.99. The Hall–Kier alpha value is -2.08. The number of carbonyl (C=O) groups is 2. The molecule has 0 atom stereocenters. The average Bonchev–Trinajstić information content (AvgIpc) is 2.93. The summed E-state index contributed by atoms with van der Waals surface area (Å²) in [5.74, 6) is 0.191. The van der Waals surface area contributed by atoms with Crippen LogP contribution in [0.1, 0.15) is 12.7 Å². The van der Waals surface area contributed by atoms with Gasteiger partial charge in [-0.15, -0.1) is 0 Å². The quantitative estimate of drug-likeness (QED) is 0.901. The molecule has 1 aromatic heterocycles. The molecule has 110 valence electrons. The molecule has 5 nitrogen and oxygen atoms in total. The summed E-state index contributed by atoms with van der Waals surface area (Å²) in [6, 6.07) is 10.8. The van der Waals surface area contributed by atoms with Crippen molar-refractivity contribution in [3.05, 3.63) is 52.9 Å². The van der Waals surface area contributed by atoms with Crippen LogP contribution in [0.3, 0.4) is 0 Å².